The van der Waals surface area contributed by atoms with E-state index in [0.717, 1.165) is 5.06 Å². The number of hydroxylamine groups is 2. The van der Waals surface area contributed by atoms with E-state index in [2.05, 4.69) is 14.9 Å². The number of methoxy groups -OCH3 is 1. The van der Waals surface area contributed by atoms with Crippen molar-refractivity contribution in [1.29, 1.82) is 0 Å². The number of hydrogen-bond acceptors (Lipinski definition) is 7. The SMILES string of the molecule is COC(=O)C1(NC(=O)C2C(=O)ON(C)C2O)CC1. The molecule has 0 aromatic rings. The lowest BCUT2D eigenvalue weighted by Crippen LogP contribution is -2.49. The number of nitrogens with zero attached hydrogens (tertiary/aromatic N) is 1. The number of aliphatic hydroxyl groups excluding tert-OH is 1. The van der Waals surface area contributed by atoms with Crippen molar-refractivity contribution < 1.29 is 29.1 Å². The molecule has 2 atom stereocenters. The van der Waals surface area contributed by atoms with E-state index < -0.39 is 35.5 Å². The van der Waals surface area contributed by atoms with Crippen molar-refractivity contribution >= 4 is 17.8 Å². The Kier molecular flexibility index (Phi) is 2.99. The Morgan fingerprint density at radius 2 is 2.17 bits per heavy atom. The van der Waals surface area contributed by atoms with E-state index >= 15 is 0 Å². The third kappa shape index (κ3) is 1.93. The van der Waals surface area contributed by atoms with Crippen LogP contribution in [0.1, 0.15) is 12.8 Å². The first-order chi connectivity index (χ1) is 8.41. The van der Waals surface area contributed by atoms with Crippen LogP contribution in [0.2, 0.25) is 0 Å². The lowest BCUT2D eigenvalue weighted by molar-refractivity contribution is -0.183. The zero-order valence-corrected chi connectivity index (χ0v) is 10.0. The highest BCUT2D eigenvalue weighted by Gasteiger charge is 2.55. The van der Waals surface area contributed by atoms with E-state index in [1.807, 2.05) is 0 Å². The highest BCUT2D eigenvalue weighted by atomic mass is 16.7. The Morgan fingerprint density at radius 1 is 1.56 bits per heavy atom. The molecule has 2 aliphatic rings. The molecule has 1 amide bonds. The van der Waals surface area contributed by atoms with Gasteiger partial charge in [-0.1, -0.05) is 0 Å². The van der Waals surface area contributed by atoms with Crippen LogP contribution < -0.4 is 5.32 Å². The van der Waals surface area contributed by atoms with Crippen molar-refractivity contribution in [2.45, 2.75) is 24.6 Å². The third-order valence-corrected chi connectivity index (χ3v) is 3.13. The Balaban J connectivity index is 2.05. The Morgan fingerprint density at radius 3 is 2.56 bits per heavy atom. The van der Waals surface area contributed by atoms with Crippen molar-refractivity contribution in [3.63, 3.8) is 0 Å². The second kappa shape index (κ2) is 4.21. The maximum absolute atomic E-state index is 11.9. The van der Waals surface area contributed by atoms with E-state index in [0.29, 0.717) is 12.8 Å². The van der Waals surface area contributed by atoms with Gasteiger partial charge in [0.25, 0.3) is 0 Å². The average Bonchev–Trinajstić information content (AvgIpc) is 3.03. The number of ether oxygens (including phenoxy) is 1. The van der Waals surface area contributed by atoms with E-state index in [1.165, 1.54) is 14.2 Å². The lowest BCUT2D eigenvalue weighted by Gasteiger charge is -2.18. The molecule has 8 heteroatoms. The highest BCUT2D eigenvalue weighted by molar-refractivity contribution is 6.02. The predicted molar refractivity (Wildman–Crippen MR) is 55.5 cm³/mol. The first-order valence-electron chi connectivity index (χ1n) is 5.44. The standard InChI is InChI=1S/C10H14N2O6/c1-12-7(14)5(8(15)18-12)6(13)11-10(3-4-10)9(16)17-2/h5,7,14H,3-4H2,1-2H3,(H,11,13). The van der Waals surface area contributed by atoms with Gasteiger partial charge in [-0.05, 0) is 12.8 Å². The largest absolute Gasteiger partial charge is 0.467 e. The molecule has 1 aliphatic carbocycles. The number of esters is 1. The number of aliphatic hydroxyl groups is 1. The summed E-state index contributed by atoms with van der Waals surface area (Å²) in [6, 6.07) is 0. The van der Waals surface area contributed by atoms with Gasteiger partial charge in [0.1, 0.15) is 5.54 Å². The van der Waals surface area contributed by atoms with Crippen LogP contribution in [0.25, 0.3) is 0 Å². The third-order valence-electron chi connectivity index (χ3n) is 3.13. The summed E-state index contributed by atoms with van der Waals surface area (Å²) in [5.41, 5.74) is -1.05. The second-order valence-electron chi connectivity index (χ2n) is 4.41. The topological polar surface area (TPSA) is 105 Å². The summed E-state index contributed by atoms with van der Waals surface area (Å²) < 4.78 is 4.57. The van der Waals surface area contributed by atoms with Gasteiger partial charge in [0, 0.05) is 7.05 Å². The van der Waals surface area contributed by atoms with Gasteiger partial charge in [-0.25, -0.2) is 9.59 Å². The smallest absolute Gasteiger partial charge is 0.341 e. The van der Waals surface area contributed by atoms with Crippen LogP contribution in [0.5, 0.6) is 0 Å². The van der Waals surface area contributed by atoms with Crippen molar-refractivity contribution in [3.05, 3.63) is 0 Å². The monoisotopic (exact) mass is 258 g/mol. The Hall–Kier alpha value is -1.67. The van der Waals surface area contributed by atoms with Gasteiger partial charge in [0.05, 0.1) is 7.11 Å². The fraction of sp³-hybridized carbons (Fsp3) is 0.700. The molecule has 1 aliphatic heterocycles. The minimum Gasteiger partial charge on any atom is -0.467 e. The summed E-state index contributed by atoms with van der Waals surface area (Å²) in [6.07, 6.45) is -0.441. The predicted octanol–water partition coefficient (Wildman–Crippen LogP) is -1.85. The summed E-state index contributed by atoms with van der Waals surface area (Å²) in [5, 5.41) is 12.9. The molecule has 0 spiro atoms. The number of nitrogens with one attached hydrogen (secondary N) is 1. The molecule has 2 unspecified atom stereocenters. The van der Waals surface area contributed by atoms with Crippen LogP contribution >= 0.6 is 0 Å². The molecule has 100 valence electrons. The van der Waals surface area contributed by atoms with Gasteiger partial charge in [0.15, 0.2) is 12.1 Å². The molecule has 2 rings (SSSR count). The number of hydrogen-bond donors (Lipinski definition) is 2. The first kappa shape index (κ1) is 12.8. The fourth-order valence-electron chi connectivity index (χ4n) is 1.84. The zero-order valence-electron chi connectivity index (χ0n) is 10.0. The highest BCUT2D eigenvalue weighted by Crippen LogP contribution is 2.37. The van der Waals surface area contributed by atoms with Crippen LogP contribution in [0, 0.1) is 5.92 Å². The minimum absolute atomic E-state index is 0.457. The number of carbonyl (C=O) groups excluding carboxylic acids is 3. The van der Waals surface area contributed by atoms with Crippen LogP contribution in [0.3, 0.4) is 0 Å². The van der Waals surface area contributed by atoms with Crippen LogP contribution in [-0.4, -0.2) is 53.9 Å². The average molecular weight is 258 g/mol. The van der Waals surface area contributed by atoms with E-state index in [4.69, 9.17) is 0 Å². The Bertz CT molecular complexity index is 405. The molecule has 0 bridgehead atoms. The number of carbonyl (C=O) groups is 3. The van der Waals surface area contributed by atoms with Crippen LogP contribution in [-0.2, 0) is 24.0 Å². The summed E-state index contributed by atoms with van der Waals surface area (Å²) >= 11 is 0. The maximum atomic E-state index is 11.9. The summed E-state index contributed by atoms with van der Waals surface area (Å²) in [6.45, 7) is 0. The van der Waals surface area contributed by atoms with Crippen LogP contribution in [0.4, 0.5) is 0 Å². The molecular formula is C10H14N2O6. The maximum Gasteiger partial charge on any atom is 0.341 e. The lowest BCUT2D eigenvalue weighted by atomic mass is 10.1. The molecule has 0 aromatic heterocycles. The van der Waals surface area contributed by atoms with Crippen molar-refractivity contribution in [3.8, 4) is 0 Å². The first-order valence-corrected chi connectivity index (χ1v) is 5.44. The van der Waals surface area contributed by atoms with Crippen LogP contribution in [0.15, 0.2) is 0 Å². The summed E-state index contributed by atoms with van der Waals surface area (Å²) in [4.78, 5) is 39.3. The minimum atomic E-state index is -1.36. The van der Waals surface area contributed by atoms with Gasteiger partial charge in [-0.3, -0.25) is 4.79 Å². The van der Waals surface area contributed by atoms with E-state index in [9.17, 15) is 19.5 Å². The van der Waals surface area contributed by atoms with Gasteiger partial charge >= 0.3 is 11.9 Å². The quantitative estimate of drug-likeness (QED) is 0.452. The molecule has 0 aromatic carbocycles. The zero-order chi connectivity index (χ0) is 13.5. The molecule has 1 heterocycles. The van der Waals surface area contributed by atoms with E-state index in [1.54, 1.807) is 0 Å². The van der Waals surface area contributed by atoms with Gasteiger partial charge in [0.2, 0.25) is 5.91 Å². The van der Waals surface area contributed by atoms with Crippen molar-refractivity contribution in [2.75, 3.05) is 14.2 Å². The molecule has 8 nitrogen and oxygen atoms in total. The Labute approximate surface area is 103 Å². The molecule has 1 saturated carbocycles. The number of amides is 1. The molecule has 0 radical (unpaired) electrons. The van der Waals surface area contributed by atoms with Crippen molar-refractivity contribution in [2.24, 2.45) is 5.92 Å². The molecule has 2 N–H and O–H groups in total. The summed E-state index contributed by atoms with van der Waals surface area (Å²) in [5.74, 6) is -3.48. The van der Waals surface area contributed by atoms with Gasteiger partial charge in [-0.2, -0.15) is 0 Å². The molecule has 2 fully saturated rings. The molecule has 1 saturated heterocycles. The normalized spacial score (nSPS) is 29.6. The number of rotatable bonds is 3. The van der Waals surface area contributed by atoms with Crippen molar-refractivity contribution in [1.82, 2.24) is 10.4 Å². The summed E-state index contributed by atoms with van der Waals surface area (Å²) in [7, 11) is 2.56. The molecular weight excluding hydrogens is 244 g/mol. The van der Waals surface area contributed by atoms with Gasteiger partial charge in [-0.15, -0.1) is 5.06 Å². The van der Waals surface area contributed by atoms with Gasteiger partial charge < -0.3 is 20.0 Å². The fourth-order valence-corrected chi connectivity index (χ4v) is 1.84. The molecule has 18 heavy (non-hydrogen) atoms. The van der Waals surface area contributed by atoms with E-state index in [-0.39, 0.29) is 0 Å². The second-order valence-corrected chi connectivity index (χ2v) is 4.41.